The highest BCUT2D eigenvalue weighted by Crippen LogP contribution is 2.29. The van der Waals surface area contributed by atoms with Gasteiger partial charge in [0.05, 0.1) is 11.2 Å². The van der Waals surface area contributed by atoms with Gasteiger partial charge in [0.15, 0.2) is 12.3 Å². The van der Waals surface area contributed by atoms with E-state index in [1.165, 1.54) is 11.8 Å². The molecule has 1 atom stereocenters. The van der Waals surface area contributed by atoms with E-state index in [9.17, 15) is 14.4 Å². The van der Waals surface area contributed by atoms with E-state index < -0.39 is 11.9 Å². The van der Waals surface area contributed by atoms with E-state index in [1.54, 1.807) is 18.2 Å². The van der Waals surface area contributed by atoms with Crippen molar-refractivity contribution in [1.29, 1.82) is 0 Å². The summed E-state index contributed by atoms with van der Waals surface area (Å²) in [5.74, 6) is -0.311. The molecule has 6 N–H and O–H groups in total. The molecule has 202 valence electrons. The number of ether oxygens (including phenoxy) is 2. The minimum absolute atomic E-state index is 0. The van der Waals surface area contributed by atoms with E-state index in [0.717, 1.165) is 24.1 Å². The zero-order chi connectivity index (χ0) is 26.6. The number of hydrogen-bond acceptors (Lipinski definition) is 8. The lowest BCUT2D eigenvalue weighted by molar-refractivity contribution is -0.118. The van der Waals surface area contributed by atoms with Crippen molar-refractivity contribution in [2.45, 2.75) is 19.1 Å². The molecule has 39 heavy (non-hydrogen) atoms. The fourth-order valence-corrected chi connectivity index (χ4v) is 4.17. The first-order valence-corrected chi connectivity index (χ1v) is 11.8. The maximum absolute atomic E-state index is 12.5. The van der Waals surface area contributed by atoms with Gasteiger partial charge in [-0.25, -0.2) is 14.8 Å². The Morgan fingerprint density at radius 1 is 1.15 bits per heavy atom. The highest BCUT2D eigenvalue weighted by atomic mass is 35.5. The van der Waals surface area contributed by atoms with Gasteiger partial charge in [0.2, 0.25) is 0 Å². The minimum atomic E-state index is -1.15. The Bertz CT molecular complexity index is 1520. The Kier molecular flexibility index (Phi) is 8.27. The van der Waals surface area contributed by atoms with Crippen LogP contribution in [0.3, 0.4) is 0 Å². The molecule has 4 heterocycles. The zero-order valence-electron chi connectivity index (χ0n) is 20.5. The number of nitrogens with one attached hydrogen (secondary N) is 3. The van der Waals surface area contributed by atoms with Gasteiger partial charge in [0.1, 0.15) is 35.0 Å². The molecule has 2 aliphatic rings. The van der Waals surface area contributed by atoms with Crippen molar-refractivity contribution in [3.8, 4) is 11.5 Å². The van der Waals surface area contributed by atoms with Crippen molar-refractivity contribution in [1.82, 2.24) is 20.3 Å². The standard InChI is InChI=1S/C17H13N5O5.C9H11NO.ClH/c23-12-6-27-11-2-1-8(3-10(11)22-12)4-19-16(24)15-14-13(20-7-21-15)9(5-18-14)17(25)26;10-6-8-5-7-3-1-2-4-9(7)11-8;/h1-3,5,7,18H,4,6H2,(H,19,24)(H,22,23)(H,25,26);1-4,8H,5-6,10H2;1H. The molecule has 0 radical (unpaired) electrons. The lowest BCUT2D eigenvalue weighted by Crippen LogP contribution is -2.26. The van der Waals surface area contributed by atoms with Crippen molar-refractivity contribution in [3.63, 3.8) is 0 Å². The number of hydrogen-bond donors (Lipinski definition) is 5. The van der Waals surface area contributed by atoms with E-state index in [0.29, 0.717) is 18.0 Å². The summed E-state index contributed by atoms with van der Waals surface area (Å²) in [5.41, 5.74) is 8.47. The van der Waals surface area contributed by atoms with Gasteiger partial charge in [0, 0.05) is 25.7 Å². The topological polar surface area (TPSA) is 182 Å². The number of nitrogens with two attached hydrogens (primary N) is 1. The molecular formula is C26H25ClN6O6. The number of carboxylic acid groups (broad SMARTS) is 1. The lowest BCUT2D eigenvalue weighted by atomic mass is 10.1. The third-order valence-electron chi connectivity index (χ3n) is 6.02. The Morgan fingerprint density at radius 3 is 2.74 bits per heavy atom. The Labute approximate surface area is 228 Å². The van der Waals surface area contributed by atoms with Crippen LogP contribution in [0, 0.1) is 0 Å². The molecule has 2 aromatic heterocycles. The summed E-state index contributed by atoms with van der Waals surface area (Å²) in [6.07, 6.45) is 3.58. The SMILES string of the molecule is Cl.NCC1Cc2ccccc2O1.O=C1COc2ccc(CNC(=O)c3ncnc4c(C(=O)O)c[nH]c34)cc2N1. The van der Waals surface area contributed by atoms with Gasteiger partial charge in [-0.3, -0.25) is 9.59 Å². The first-order valence-electron chi connectivity index (χ1n) is 11.8. The van der Waals surface area contributed by atoms with E-state index in [1.807, 2.05) is 18.2 Å². The minimum Gasteiger partial charge on any atom is -0.488 e. The molecule has 2 aromatic carbocycles. The maximum Gasteiger partial charge on any atom is 0.339 e. The molecule has 4 aromatic rings. The number of aromatic carboxylic acids is 1. The third kappa shape index (κ3) is 5.92. The zero-order valence-corrected chi connectivity index (χ0v) is 21.3. The predicted octanol–water partition coefficient (Wildman–Crippen LogP) is 2.29. The number of amides is 2. The number of anilines is 1. The summed E-state index contributed by atoms with van der Waals surface area (Å²) in [6, 6.07) is 13.3. The molecule has 2 amide bonds. The summed E-state index contributed by atoms with van der Waals surface area (Å²) < 4.78 is 10.8. The maximum atomic E-state index is 12.5. The molecule has 0 aliphatic carbocycles. The highest BCUT2D eigenvalue weighted by molar-refractivity contribution is 6.08. The largest absolute Gasteiger partial charge is 0.488 e. The first-order chi connectivity index (χ1) is 18.4. The molecule has 0 saturated heterocycles. The van der Waals surface area contributed by atoms with Crippen LogP contribution in [0.25, 0.3) is 11.0 Å². The Morgan fingerprint density at radius 2 is 1.97 bits per heavy atom. The van der Waals surface area contributed by atoms with Crippen LogP contribution >= 0.6 is 12.4 Å². The average molecular weight is 553 g/mol. The van der Waals surface area contributed by atoms with Gasteiger partial charge in [-0.05, 0) is 29.3 Å². The van der Waals surface area contributed by atoms with E-state index in [-0.39, 0.29) is 59.9 Å². The van der Waals surface area contributed by atoms with E-state index >= 15 is 0 Å². The van der Waals surface area contributed by atoms with Crippen molar-refractivity contribution < 1.29 is 29.0 Å². The molecule has 0 saturated carbocycles. The summed E-state index contributed by atoms with van der Waals surface area (Å²) in [6.45, 7) is 0.760. The summed E-state index contributed by atoms with van der Waals surface area (Å²) >= 11 is 0. The second-order valence-electron chi connectivity index (χ2n) is 8.59. The number of carboxylic acids is 1. The van der Waals surface area contributed by atoms with Crippen molar-refractivity contribution >= 4 is 46.9 Å². The highest BCUT2D eigenvalue weighted by Gasteiger charge is 2.21. The molecule has 0 bridgehead atoms. The quantitative estimate of drug-likeness (QED) is 0.248. The average Bonchev–Trinajstić information content (AvgIpc) is 3.56. The van der Waals surface area contributed by atoms with Gasteiger partial charge in [-0.2, -0.15) is 0 Å². The number of para-hydroxylation sites is 1. The molecule has 0 spiro atoms. The number of benzene rings is 2. The van der Waals surface area contributed by atoms with Gasteiger partial charge in [-0.15, -0.1) is 12.4 Å². The number of nitrogens with zero attached hydrogens (tertiary/aromatic N) is 2. The second kappa shape index (κ2) is 11.8. The van der Waals surface area contributed by atoms with Crippen LogP contribution < -0.4 is 25.8 Å². The van der Waals surface area contributed by atoms with Crippen LogP contribution in [0.5, 0.6) is 11.5 Å². The molecule has 1 unspecified atom stereocenters. The van der Waals surface area contributed by atoms with Crippen LogP contribution in [0.2, 0.25) is 0 Å². The number of halogens is 1. The molecule has 12 nitrogen and oxygen atoms in total. The van der Waals surface area contributed by atoms with Crippen LogP contribution in [-0.4, -0.2) is 57.1 Å². The van der Waals surface area contributed by atoms with Gasteiger partial charge in [0.25, 0.3) is 11.8 Å². The van der Waals surface area contributed by atoms with Crippen molar-refractivity contribution in [2.24, 2.45) is 5.73 Å². The Hall–Kier alpha value is -4.68. The fourth-order valence-electron chi connectivity index (χ4n) is 4.17. The normalized spacial score (nSPS) is 14.8. The molecule has 2 aliphatic heterocycles. The van der Waals surface area contributed by atoms with Crippen LogP contribution in [0.4, 0.5) is 5.69 Å². The number of carbonyl (C=O) groups excluding carboxylic acids is 2. The van der Waals surface area contributed by atoms with Gasteiger partial charge < -0.3 is 35.9 Å². The second-order valence-corrected chi connectivity index (χ2v) is 8.59. The number of carbonyl (C=O) groups is 3. The summed E-state index contributed by atoms with van der Waals surface area (Å²) in [7, 11) is 0. The first kappa shape index (κ1) is 27.4. The van der Waals surface area contributed by atoms with E-state index in [4.69, 9.17) is 20.3 Å². The van der Waals surface area contributed by atoms with E-state index in [2.05, 4.69) is 31.7 Å². The van der Waals surface area contributed by atoms with Crippen LogP contribution in [0.15, 0.2) is 55.0 Å². The smallest absolute Gasteiger partial charge is 0.339 e. The Balaban J connectivity index is 0.000000246. The fraction of sp³-hybridized carbons (Fsp3) is 0.192. The predicted molar refractivity (Wildman–Crippen MR) is 143 cm³/mol. The van der Waals surface area contributed by atoms with Gasteiger partial charge in [-0.1, -0.05) is 24.3 Å². The van der Waals surface area contributed by atoms with Crippen molar-refractivity contribution in [3.05, 3.63) is 77.4 Å². The van der Waals surface area contributed by atoms with Crippen LogP contribution in [0.1, 0.15) is 32.0 Å². The molecule has 13 heteroatoms. The van der Waals surface area contributed by atoms with Gasteiger partial charge >= 0.3 is 5.97 Å². The summed E-state index contributed by atoms with van der Waals surface area (Å²) in [4.78, 5) is 45.7. The van der Waals surface area contributed by atoms with Crippen molar-refractivity contribution in [2.75, 3.05) is 18.5 Å². The lowest BCUT2D eigenvalue weighted by Gasteiger charge is -2.18. The number of aromatic amines is 1. The molecule has 6 rings (SSSR count). The monoisotopic (exact) mass is 552 g/mol. The number of aromatic nitrogens is 3. The number of fused-ring (bicyclic) bond motifs is 3. The third-order valence-corrected chi connectivity index (χ3v) is 6.02. The summed E-state index contributed by atoms with van der Waals surface area (Å²) in [5, 5.41) is 14.6. The molecular weight excluding hydrogens is 528 g/mol. The molecule has 0 fully saturated rings. The van der Waals surface area contributed by atoms with Crippen LogP contribution in [-0.2, 0) is 17.8 Å². The number of rotatable bonds is 5. The number of H-pyrrole nitrogens is 1.